The van der Waals surface area contributed by atoms with E-state index in [1.165, 1.54) is 11.3 Å². The molecule has 0 bridgehead atoms. The number of piperidine rings is 1. The van der Waals surface area contributed by atoms with Crippen LogP contribution in [0.5, 0.6) is 0 Å². The van der Waals surface area contributed by atoms with Gasteiger partial charge in [0.05, 0.1) is 10.6 Å². The number of hydrogen-bond donors (Lipinski definition) is 1. The zero-order valence-electron chi connectivity index (χ0n) is 15.2. The fourth-order valence-electron chi connectivity index (χ4n) is 3.33. The number of thiophene rings is 1. The third-order valence-electron chi connectivity index (χ3n) is 4.74. The molecule has 1 unspecified atom stereocenters. The van der Waals surface area contributed by atoms with Gasteiger partial charge in [-0.2, -0.15) is 0 Å². The van der Waals surface area contributed by atoms with Crippen molar-refractivity contribution in [1.29, 1.82) is 0 Å². The number of nitrogens with zero attached hydrogens (tertiary/aromatic N) is 2. The third-order valence-corrected chi connectivity index (χ3v) is 6.35. The Bertz CT molecular complexity index is 1040. The maximum atomic E-state index is 14.0. The SMILES string of the molecule is O=C(Nc1nc(-c2cc(F)ccc2F)cs1)C1CCCCN1C(=O)c1cccs1. The molecule has 1 atom stereocenters. The molecule has 0 radical (unpaired) electrons. The van der Waals surface area contributed by atoms with Crippen LogP contribution in [0.1, 0.15) is 28.9 Å². The fraction of sp³-hybridized carbons (Fsp3) is 0.250. The van der Waals surface area contributed by atoms with Crippen molar-refractivity contribution in [3.05, 3.63) is 57.6 Å². The molecule has 1 fully saturated rings. The summed E-state index contributed by atoms with van der Waals surface area (Å²) in [6.45, 7) is 0.520. The molecule has 1 N–H and O–H groups in total. The monoisotopic (exact) mass is 433 g/mol. The fourth-order valence-corrected chi connectivity index (χ4v) is 4.72. The minimum Gasteiger partial charge on any atom is -0.326 e. The van der Waals surface area contributed by atoms with Crippen LogP contribution in [0.4, 0.5) is 13.9 Å². The Balaban J connectivity index is 1.50. The van der Waals surface area contributed by atoms with E-state index in [1.54, 1.807) is 22.4 Å². The second-order valence-electron chi connectivity index (χ2n) is 6.64. The van der Waals surface area contributed by atoms with Crippen LogP contribution in [0.15, 0.2) is 41.1 Å². The molecule has 2 aromatic heterocycles. The Hall–Kier alpha value is -2.65. The number of carbonyl (C=O) groups excluding carboxylic acids is 2. The molecule has 2 amide bonds. The average molecular weight is 434 g/mol. The highest BCUT2D eigenvalue weighted by molar-refractivity contribution is 7.14. The lowest BCUT2D eigenvalue weighted by Gasteiger charge is -2.34. The normalized spacial score (nSPS) is 16.6. The molecule has 150 valence electrons. The molecule has 4 rings (SSSR count). The van der Waals surface area contributed by atoms with Gasteiger partial charge in [-0.25, -0.2) is 13.8 Å². The largest absolute Gasteiger partial charge is 0.326 e. The molecule has 0 saturated carbocycles. The number of amides is 2. The Morgan fingerprint density at radius 3 is 2.83 bits per heavy atom. The molecular formula is C20H17F2N3O2S2. The van der Waals surface area contributed by atoms with Crippen LogP contribution in [0, 0.1) is 11.6 Å². The molecular weight excluding hydrogens is 416 g/mol. The number of anilines is 1. The summed E-state index contributed by atoms with van der Waals surface area (Å²) in [5.41, 5.74) is 0.284. The van der Waals surface area contributed by atoms with Crippen LogP contribution in [0.2, 0.25) is 0 Å². The quantitative estimate of drug-likeness (QED) is 0.644. The lowest BCUT2D eigenvalue weighted by atomic mass is 10.0. The van der Waals surface area contributed by atoms with Gasteiger partial charge in [0.2, 0.25) is 5.91 Å². The summed E-state index contributed by atoms with van der Waals surface area (Å²) in [7, 11) is 0. The highest BCUT2D eigenvalue weighted by atomic mass is 32.1. The van der Waals surface area contributed by atoms with Gasteiger partial charge in [-0.15, -0.1) is 22.7 Å². The van der Waals surface area contributed by atoms with Crippen molar-refractivity contribution in [3.8, 4) is 11.3 Å². The van der Waals surface area contributed by atoms with Gasteiger partial charge in [-0.1, -0.05) is 6.07 Å². The third kappa shape index (κ3) is 4.20. The Kier molecular flexibility index (Phi) is 5.68. The summed E-state index contributed by atoms with van der Waals surface area (Å²) >= 11 is 2.47. The first-order valence-electron chi connectivity index (χ1n) is 9.09. The highest BCUT2D eigenvalue weighted by Crippen LogP contribution is 2.29. The van der Waals surface area contributed by atoms with Crippen molar-refractivity contribution in [1.82, 2.24) is 9.88 Å². The number of nitrogens with one attached hydrogen (secondary N) is 1. The first-order chi connectivity index (χ1) is 14.0. The number of benzene rings is 1. The van der Waals surface area contributed by atoms with E-state index in [-0.39, 0.29) is 28.2 Å². The van der Waals surface area contributed by atoms with Gasteiger partial charge >= 0.3 is 0 Å². The molecule has 5 nitrogen and oxygen atoms in total. The molecule has 1 aliphatic rings. The van der Waals surface area contributed by atoms with Crippen LogP contribution >= 0.6 is 22.7 Å². The minimum absolute atomic E-state index is 0.0360. The predicted octanol–water partition coefficient (Wildman–Crippen LogP) is 4.78. The minimum atomic E-state index is -0.588. The number of likely N-dealkylation sites (tertiary alicyclic amines) is 1. The van der Waals surface area contributed by atoms with Crippen LogP contribution in [0.3, 0.4) is 0 Å². The Morgan fingerprint density at radius 2 is 2.03 bits per heavy atom. The van der Waals surface area contributed by atoms with Gasteiger partial charge < -0.3 is 10.2 Å². The van der Waals surface area contributed by atoms with Gasteiger partial charge in [0.1, 0.15) is 17.7 Å². The molecule has 0 spiro atoms. The topological polar surface area (TPSA) is 62.3 Å². The van der Waals surface area contributed by atoms with Crippen LogP contribution in [0.25, 0.3) is 11.3 Å². The van der Waals surface area contributed by atoms with E-state index < -0.39 is 17.7 Å². The lowest BCUT2D eigenvalue weighted by Crippen LogP contribution is -2.49. The Labute approximate surface area is 174 Å². The van der Waals surface area contributed by atoms with Crippen molar-refractivity contribution in [2.45, 2.75) is 25.3 Å². The standard InChI is InChI=1S/C20H17F2N3O2S2/c21-12-6-7-14(22)13(10-12)15-11-29-20(23-15)24-18(26)16-4-1-2-8-25(16)19(27)17-5-3-9-28-17/h3,5-7,9-11,16H,1-2,4,8H2,(H,23,24,26). The summed E-state index contributed by atoms with van der Waals surface area (Å²) in [6, 6.07) is 6.11. The van der Waals surface area contributed by atoms with Crippen molar-refractivity contribution in [2.75, 3.05) is 11.9 Å². The van der Waals surface area contributed by atoms with Gasteiger partial charge in [0.25, 0.3) is 5.91 Å². The number of rotatable bonds is 4. The van der Waals surface area contributed by atoms with Crippen molar-refractivity contribution in [3.63, 3.8) is 0 Å². The van der Waals surface area contributed by atoms with Crippen LogP contribution < -0.4 is 5.32 Å². The number of hydrogen-bond acceptors (Lipinski definition) is 5. The zero-order chi connectivity index (χ0) is 20.4. The zero-order valence-corrected chi connectivity index (χ0v) is 16.9. The second-order valence-corrected chi connectivity index (χ2v) is 8.44. The van der Waals surface area contributed by atoms with Crippen molar-refractivity contribution < 1.29 is 18.4 Å². The van der Waals surface area contributed by atoms with Crippen molar-refractivity contribution in [2.24, 2.45) is 0 Å². The average Bonchev–Trinajstić information content (AvgIpc) is 3.41. The smallest absolute Gasteiger partial charge is 0.264 e. The van der Waals surface area contributed by atoms with Gasteiger partial charge in [0.15, 0.2) is 5.13 Å². The van der Waals surface area contributed by atoms with E-state index in [9.17, 15) is 18.4 Å². The van der Waals surface area contributed by atoms with Gasteiger partial charge in [-0.05, 0) is 48.9 Å². The summed E-state index contributed by atoms with van der Waals surface area (Å²) in [4.78, 5) is 32.0. The molecule has 3 heterocycles. The molecule has 1 saturated heterocycles. The number of thiazole rings is 1. The van der Waals surface area contributed by atoms with E-state index in [0.29, 0.717) is 17.8 Å². The van der Waals surface area contributed by atoms with Crippen molar-refractivity contribution >= 4 is 39.6 Å². The van der Waals surface area contributed by atoms with Gasteiger partial charge in [-0.3, -0.25) is 9.59 Å². The first-order valence-corrected chi connectivity index (χ1v) is 10.8. The van der Waals surface area contributed by atoms with Crippen LogP contribution in [-0.4, -0.2) is 34.3 Å². The van der Waals surface area contributed by atoms with Crippen LogP contribution in [-0.2, 0) is 4.79 Å². The number of aromatic nitrogens is 1. The van der Waals surface area contributed by atoms with E-state index in [2.05, 4.69) is 10.3 Å². The molecule has 9 heteroatoms. The molecule has 1 aromatic carbocycles. The maximum Gasteiger partial charge on any atom is 0.264 e. The molecule has 29 heavy (non-hydrogen) atoms. The van der Waals surface area contributed by atoms with E-state index in [4.69, 9.17) is 0 Å². The summed E-state index contributed by atoms with van der Waals surface area (Å²) in [5, 5.41) is 6.39. The number of carbonyl (C=O) groups is 2. The summed E-state index contributed by atoms with van der Waals surface area (Å²) < 4.78 is 27.4. The highest BCUT2D eigenvalue weighted by Gasteiger charge is 2.33. The molecule has 1 aliphatic heterocycles. The van der Waals surface area contributed by atoms with E-state index in [0.717, 1.165) is 42.4 Å². The van der Waals surface area contributed by atoms with Gasteiger partial charge in [0, 0.05) is 17.5 Å². The predicted molar refractivity (Wildman–Crippen MR) is 109 cm³/mol. The summed E-state index contributed by atoms with van der Waals surface area (Å²) in [5.74, 6) is -1.63. The maximum absolute atomic E-state index is 14.0. The van der Waals surface area contributed by atoms with E-state index in [1.807, 2.05) is 5.38 Å². The molecule has 0 aliphatic carbocycles. The first kappa shape index (κ1) is 19.7. The Morgan fingerprint density at radius 1 is 1.17 bits per heavy atom. The lowest BCUT2D eigenvalue weighted by molar-refractivity contribution is -0.121. The molecule has 3 aromatic rings. The van der Waals surface area contributed by atoms with E-state index >= 15 is 0 Å². The second kappa shape index (κ2) is 8.38. The summed E-state index contributed by atoms with van der Waals surface area (Å²) in [6.07, 6.45) is 2.27. The number of halogens is 2.